The number of aryl methyl sites for hydroxylation is 1. The third kappa shape index (κ3) is 3.83. The van der Waals surface area contributed by atoms with Crippen LogP contribution in [0, 0.1) is 6.92 Å². The summed E-state index contributed by atoms with van der Waals surface area (Å²) >= 11 is 0. The first-order valence-electron chi connectivity index (χ1n) is 11.2. The van der Waals surface area contributed by atoms with E-state index in [9.17, 15) is 14.4 Å². The van der Waals surface area contributed by atoms with Gasteiger partial charge in [-0.25, -0.2) is 0 Å². The van der Waals surface area contributed by atoms with Gasteiger partial charge in [-0.2, -0.15) is 0 Å². The minimum atomic E-state index is -0.823. The summed E-state index contributed by atoms with van der Waals surface area (Å²) in [5, 5.41) is 2.95. The van der Waals surface area contributed by atoms with Crippen LogP contribution in [-0.4, -0.2) is 54.5 Å². The lowest BCUT2D eigenvalue weighted by atomic mass is 9.98. The summed E-state index contributed by atoms with van der Waals surface area (Å²) < 4.78 is 0. The number of carbonyl (C=O) groups excluding carboxylic acids is 3. The lowest BCUT2D eigenvalue weighted by molar-refractivity contribution is -0.123. The molecule has 0 bridgehead atoms. The third-order valence-corrected chi connectivity index (χ3v) is 6.50. The Balaban J connectivity index is 1.44. The van der Waals surface area contributed by atoms with E-state index >= 15 is 0 Å². The monoisotopic (exact) mass is 434 g/mol. The van der Waals surface area contributed by atoms with Gasteiger partial charge < -0.3 is 15.1 Å². The van der Waals surface area contributed by atoms with E-state index in [0.29, 0.717) is 37.2 Å². The maximum absolute atomic E-state index is 13.3. The van der Waals surface area contributed by atoms with Crippen molar-refractivity contribution in [2.75, 3.05) is 36.0 Å². The second kappa shape index (κ2) is 8.65. The Morgan fingerprint density at radius 3 is 2.69 bits per heavy atom. The predicted octanol–water partition coefficient (Wildman–Crippen LogP) is 2.94. The second-order valence-electron chi connectivity index (χ2n) is 8.62. The van der Waals surface area contributed by atoms with Crippen LogP contribution in [0.25, 0.3) is 0 Å². The van der Waals surface area contributed by atoms with Crippen LogP contribution in [0.15, 0.2) is 48.5 Å². The van der Waals surface area contributed by atoms with Crippen LogP contribution in [0.1, 0.15) is 42.6 Å². The maximum Gasteiger partial charge on any atom is 0.258 e. The number of nitrogens with one attached hydrogen (secondary N) is 1. The Morgan fingerprint density at radius 2 is 1.94 bits per heavy atom. The molecule has 0 radical (unpaired) electrons. The van der Waals surface area contributed by atoms with Gasteiger partial charge in [0, 0.05) is 31.7 Å². The van der Waals surface area contributed by atoms with Gasteiger partial charge in [0.05, 0.1) is 11.3 Å². The molecule has 2 aromatic carbocycles. The van der Waals surface area contributed by atoms with Crippen LogP contribution in [0.5, 0.6) is 0 Å². The Morgan fingerprint density at radius 1 is 1.16 bits per heavy atom. The smallest absolute Gasteiger partial charge is 0.258 e. The topological polar surface area (TPSA) is 73.0 Å². The molecule has 1 fully saturated rings. The van der Waals surface area contributed by atoms with E-state index in [1.165, 1.54) is 5.56 Å². The van der Waals surface area contributed by atoms with Gasteiger partial charge >= 0.3 is 0 Å². The van der Waals surface area contributed by atoms with Crippen molar-refractivity contribution in [2.45, 2.75) is 39.3 Å². The molecule has 7 heteroatoms. The summed E-state index contributed by atoms with van der Waals surface area (Å²) in [6, 6.07) is 15.4. The average Bonchev–Trinajstić information content (AvgIpc) is 3.09. The van der Waals surface area contributed by atoms with E-state index in [-0.39, 0.29) is 24.3 Å². The highest BCUT2D eigenvalue weighted by Crippen LogP contribution is 2.43. The average molecular weight is 435 g/mol. The normalized spacial score (nSPS) is 19.6. The molecule has 2 heterocycles. The number of rotatable bonds is 7. The lowest BCUT2D eigenvalue weighted by Crippen LogP contribution is -2.64. The van der Waals surface area contributed by atoms with Crippen molar-refractivity contribution in [2.24, 2.45) is 0 Å². The Hall–Kier alpha value is -3.35. The van der Waals surface area contributed by atoms with Crippen molar-refractivity contribution in [3.8, 4) is 0 Å². The maximum atomic E-state index is 13.3. The first kappa shape index (κ1) is 21.9. The van der Waals surface area contributed by atoms with Gasteiger partial charge in [0.15, 0.2) is 0 Å². The number of benzene rings is 2. The summed E-state index contributed by atoms with van der Waals surface area (Å²) in [7, 11) is 0. The van der Waals surface area contributed by atoms with E-state index in [4.69, 9.17) is 0 Å². The molecule has 1 saturated heterocycles. The number of para-hydroxylation sites is 1. The van der Waals surface area contributed by atoms with Crippen molar-refractivity contribution in [1.82, 2.24) is 10.2 Å². The fraction of sp³-hybridized carbons (Fsp3) is 0.400. The molecule has 168 valence electrons. The zero-order chi connectivity index (χ0) is 22.9. The van der Waals surface area contributed by atoms with Gasteiger partial charge in [0.1, 0.15) is 12.2 Å². The molecule has 3 amide bonds. The molecule has 0 saturated carbocycles. The molecule has 2 aliphatic heterocycles. The number of carbonyl (C=O) groups is 3. The Labute approximate surface area is 189 Å². The van der Waals surface area contributed by atoms with Crippen LogP contribution in [0.4, 0.5) is 11.4 Å². The van der Waals surface area contributed by atoms with Gasteiger partial charge in [0.25, 0.3) is 5.91 Å². The van der Waals surface area contributed by atoms with E-state index < -0.39 is 5.66 Å². The molecule has 32 heavy (non-hydrogen) atoms. The Kier molecular flexibility index (Phi) is 5.91. The van der Waals surface area contributed by atoms with Crippen molar-refractivity contribution in [3.63, 3.8) is 0 Å². The SMILES string of the molecule is CCN(CCNC(=O)CN1C(=O)c2ccccc2N2C(=O)CCC12C)c1cccc(C)c1. The molecule has 0 aliphatic carbocycles. The van der Waals surface area contributed by atoms with Gasteiger partial charge in [-0.05, 0) is 57.0 Å². The van der Waals surface area contributed by atoms with Crippen molar-refractivity contribution < 1.29 is 14.4 Å². The van der Waals surface area contributed by atoms with Crippen molar-refractivity contribution in [3.05, 3.63) is 59.7 Å². The van der Waals surface area contributed by atoms with Gasteiger partial charge in [-0.15, -0.1) is 0 Å². The lowest BCUT2D eigenvalue weighted by Gasteiger charge is -2.48. The number of amides is 3. The van der Waals surface area contributed by atoms with E-state index in [1.807, 2.05) is 19.1 Å². The predicted molar refractivity (Wildman–Crippen MR) is 125 cm³/mol. The van der Waals surface area contributed by atoms with Gasteiger partial charge in [-0.3, -0.25) is 19.3 Å². The van der Waals surface area contributed by atoms with Crippen LogP contribution in [0.3, 0.4) is 0 Å². The fourth-order valence-corrected chi connectivity index (χ4v) is 4.77. The van der Waals surface area contributed by atoms with E-state index in [0.717, 1.165) is 12.2 Å². The minimum Gasteiger partial charge on any atom is -0.370 e. The molecule has 1 unspecified atom stereocenters. The molecular formula is C25H30N4O3. The molecule has 0 spiro atoms. The number of fused-ring (bicyclic) bond motifs is 3. The van der Waals surface area contributed by atoms with Crippen LogP contribution >= 0.6 is 0 Å². The molecule has 4 rings (SSSR count). The first-order valence-corrected chi connectivity index (χ1v) is 11.2. The van der Waals surface area contributed by atoms with E-state index in [2.05, 4.69) is 42.3 Å². The number of hydrogen-bond acceptors (Lipinski definition) is 4. The van der Waals surface area contributed by atoms with E-state index in [1.54, 1.807) is 28.0 Å². The quantitative estimate of drug-likeness (QED) is 0.727. The van der Waals surface area contributed by atoms with Gasteiger partial charge in [0.2, 0.25) is 11.8 Å². The number of anilines is 2. The Bertz CT molecular complexity index is 1050. The summed E-state index contributed by atoms with van der Waals surface area (Å²) in [6.45, 7) is 7.91. The largest absolute Gasteiger partial charge is 0.370 e. The number of likely N-dealkylation sites (N-methyl/N-ethyl adjacent to an activating group) is 1. The standard InChI is InChI=1S/C25H30N4O3/c1-4-27(19-9-7-8-18(2)16-19)15-14-26-22(30)17-28-24(32)20-10-5-6-11-21(20)29-23(31)12-13-25(28,29)3/h5-11,16H,4,12-15,17H2,1-3H3,(H,26,30). The highest BCUT2D eigenvalue weighted by atomic mass is 16.2. The summed E-state index contributed by atoms with van der Waals surface area (Å²) in [5.74, 6) is -0.452. The van der Waals surface area contributed by atoms with Crippen LogP contribution < -0.4 is 15.1 Å². The zero-order valence-electron chi connectivity index (χ0n) is 18.9. The highest BCUT2D eigenvalue weighted by molar-refractivity contribution is 6.11. The zero-order valence-corrected chi connectivity index (χ0v) is 18.9. The van der Waals surface area contributed by atoms with Crippen LogP contribution in [0.2, 0.25) is 0 Å². The minimum absolute atomic E-state index is 0.0189. The summed E-state index contributed by atoms with van der Waals surface area (Å²) in [4.78, 5) is 44.1. The van der Waals surface area contributed by atoms with Crippen LogP contribution in [-0.2, 0) is 9.59 Å². The third-order valence-electron chi connectivity index (χ3n) is 6.50. The second-order valence-corrected chi connectivity index (χ2v) is 8.62. The number of hydrogen-bond donors (Lipinski definition) is 1. The molecule has 1 N–H and O–H groups in total. The molecule has 7 nitrogen and oxygen atoms in total. The summed E-state index contributed by atoms with van der Waals surface area (Å²) in [5.41, 5.74) is 2.59. The first-order chi connectivity index (χ1) is 15.3. The van der Waals surface area contributed by atoms with Crippen molar-refractivity contribution in [1.29, 1.82) is 0 Å². The molecular weight excluding hydrogens is 404 g/mol. The molecule has 2 aliphatic rings. The fourth-order valence-electron chi connectivity index (χ4n) is 4.77. The highest BCUT2D eigenvalue weighted by Gasteiger charge is 2.53. The van der Waals surface area contributed by atoms with Crippen molar-refractivity contribution >= 4 is 29.1 Å². The summed E-state index contributed by atoms with van der Waals surface area (Å²) in [6.07, 6.45) is 0.869. The molecule has 1 atom stereocenters. The number of nitrogens with zero attached hydrogens (tertiary/aromatic N) is 3. The molecule has 0 aromatic heterocycles. The molecule has 2 aromatic rings. The van der Waals surface area contributed by atoms with Gasteiger partial charge in [-0.1, -0.05) is 24.3 Å².